The van der Waals surface area contributed by atoms with Crippen molar-refractivity contribution >= 4 is 23.6 Å². The van der Waals surface area contributed by atoms with E-state index in [1.54, 1.807) is 24.3 Å². The quantitative estimate of drug-likeness (QED) is 0.418. The summed E-state index contributed by atoms with van der Waals surface area (Å²) in [5, 5.41) is 19.9. The van der Waals surface area contributed by atoms with Crippen LogP contribution in [0.15, 0.2) is 48.5 Å². The lowest BCUT2D eigenvalue weighted by molar-refractivity contribution is -0.385. The number of aliphatic hydroxyl groups is 1. The summed E-state index contributed by atoms with van der Waals surface area (Å²) in [7, 11) is 0. The number of aldehydes is 1. The zero-order valence-electron chi connectivity index (χ0n) is 13.9. The molecule has 2 rings (SSSR count). The van der Waals surface area contributed by atoms with Crippen molar-refractivity contribution < 1.29 is 24.4 Å². The maximum atomic E-state index is 12.5. The summed E-state index contributed by atoms with van der Waals surface area (Å²) in [5.41, 5.74) is 0.222. The molecular weight excluding hydrogens is 340 g/mol. The minimum atomic E-state index is -0.662. The highest BCUT2D eigenvalue weighted by Crippen LogP contribution is 2.23. The van der Waals surface area contributed by atoms with E-state index in [0.29, 0.717) is 24.9 Å². The largest absolute Gasteiger partial charge is 0.484 e. The number of nitro benzene ring substituents is 1. The molecular formula is C18H18N2O6. The summed E-state index contributed by atoms with van der Waals surface area (Å²) in [6.07, 6.45) is 0.776. The van der Waals surface area contributed by atoms with Gasteiger partial charge in [0.05, 0.1) is 10.5 Å². The van der Waals surface area contributed by atoms with Gasteiger partial charge >= 0.3 is 0 Å². The third kappa shape index (κ3) is 4.87. The molecule has 8 nitrogen and oxygen atoms in total. The number of para-hydroxylation sites is 1. The van der Waals surface area contributed by atoms with Gasteiger partial charge in [0.15, 0.2) is 12.9 Å². The molecule has 0 aliphatic rings. The van der Waals surface area contributed by atoms with Gasteiger partial charge in [0, 0.05) is 24.9 Å². The first-order valence-corrected chi connectivity index (χ1v) is 7.89. The fourth-order valence-electron chi connectivity index (χ4n) is 2.34. The maximum absolute atomic E-state index is 12.5. The monoisotopic (exact) mass is 358 g/mol. The lowest BCUT2D eigenvalue weighted by Gasteiger charge is -2.22. The van der Waals surface area contributed by atoms with Crippen molar-refractivity contribution in [2.45, 2.75) is 6.42 Å². The molecule has 2 aromatic carbocycles. The highest BCUT2D eigenvalue weighted by Gasteiger charge is 2.18. The Bertz CT molecular complexity index is 779. The van der Waals surface area contributed by atoms with E-state index < -0.39 is 4.92 Å². The summed E-state index contributed by atoms with van der Waals surface area (Å²) in [6, 6.07) is 12.7. The number of rotatable bonds is 9. The van der Waals surface area contributed by atoms with Gasteiger partial charge in [0.25, 0.3) is 11.6 Å². The number of carbonyl (C=O) groups excluding carboxylic acids is 2. The zero-order valence-corrected chi connectivity index (χ0v) is 13.9. The van der Waals surface area contributed by atoms with E-state index in [1.807, 2.05) is 6.07 Å². The summed E-state index contributed by atoms with van der Waals surface area (Å²) in [4.78, 5) is 35.1. The van der Waals surface area contributed by atoms with Gasteiger partial charge < -0.3 is 14.7 Å². The number of aliphatic hydroxyl groups excluding tert-OH is 1. The van der Waals surface area contributed by atoms with Crippen LogP contribution in [0.3, 0.4) is 0 Å². The molecule has 0 radical (unpaired) electrons. The first-order chi connectivity index (χ1) is 12.6. The summed E-state index contributed by atoms with van der Waals surface area (Å²) >= 11 is 0. The van der Waals surface area contributed by atoms with Crippen molar-refractivity contribution in [3.63, 3.8) is 0 Å². The van der Waals surface area contributed by atoms with Crippen LogP contribution in [-0.2, 0) is 4.79 Å². The van der Waals surface area contributed by atoms with Crippen LogP contribution in [0, 0.1) is 10.1 Å². The number of ether oxygens (including phenoxy) is 1. The number of hydrogen-bond donors (Lipinski definition) is 1. The molecule has 0 atom stereocenters. The minimum Gasteiger partial charge on any atom is -0.484 e. The molecule has 0 aromatic heterocycles. The van der Waals surface area contributed by atoms with Gasteiger partial charge in [0.1, 0.15) is 5.75 Å². The Morgan fingerprint density at radius 1 is 1.23 bits per heavy atom. The lowest BCUT2D eigenvalue weighted by Crippen LogP contribution is -2.36. The number of hydrogen-bond acceptors (Lipinski definition) is 6. The van der Waals surface area contributed by atoms with Crippen molar-refractivity contribution in [2.24, 2.45) is 0 Å². The second-order valence-electron chi connectivity index (χ2n) is 5.34. The second-order valence-corrected chi connectivity index (χ2v) is 5.34. The average Bonchev–Trinajstić information content (AvgIpc) is 2.67. The number of amides is 1. The van der Waals surface area contributed by atoms with Gasteiger partial charge in [-0.25, -0.2) is 0 Å². The molecule has 0 aliphatic carbocycles. The van der Waals surface area contributed by atoms with Crippen LogP contribution in [0.5, 0.6) is 5.75 Å². The fraction of sp³-hybridized carbons (Fsp3) is 0.222. The number of anilines is 1. The molecule has 0 bridgehead atoms. The molecule has 1 N–H and O–H groups in total. The molecule has 2 aromatic rings. The van der Waals surface area contributed by atoms with Crippen molar-refractivity contribution in [3.05, 3.63) is 64.2 Å². The Balaban J connectivity index is 2.10. The number of carbonyl (C=O) groups is 2. The fourth-order valence-corrected chi connectivity index (χ4v) is 2.34. The Labute approximate surface area is 149 Å². The Morgan fingerprint density at radius 2 is 1.96 bits per heavy atom. The third-order valence-electron chi connectivity index (χ3n) is 3.59. The molecule has 0 spiro atoms. The Morgan fingerprint density at radius 3 is 2.58 bits per heavy atom. The Kier molecular flexibility index (Phi) is 6.81. The number of nitrogens with zero attached hydrogens (tertiary/aromatic N) is 2. The smallest absolute Gasteiger partial charge is 0.280 e. The second kappa shape index (κ2) is 9.28. The SMILES string of the molecule is O=Cc1cc(OCC(=O)N(CCCO)c2ccccc2)ccc1[N+](=O)[O-]. The van der Waals surface area contributed by atoms with Crippen LogP contribution >= 0.6 is 0 Å². The Hall–Kier alpha value is -3.26. The molecule has 0 heterocycles. The van der Waals surface area contributed by atoms with Crippen LogP contribution in [0.2, 0.25) is 0 Å². The van der Waals surface area contributed by atoms with Gasteiger partial charge in [-0.05, 0) is 30.7 Å². The summed E-state index contributed by atoms with van der Waals surface area (Å²) < 4.78 is 5.39. The first kappa shape index (κ1) is 19.1. The van der Waals surface area contributed by atoms with Gasteiger partial charge in [-0.2, -0.15) is 0 Å². The van der Waals surface area contributed by atoms with Crippen LogP contribution in [0.4, 0.5) is 11.4 Å². The maximum Gasteiger partial charge on any atom is 0.280 e. The minimum absolute atomic E-state index is 0.0531. The normalized spacial score (nSPS) is 10.2. The average molecular weight is 358 g/mol. The van der Waals surface area contributed by atoms with Crippen molar-refractivity contribution in [3.8, 4) is 5.75 Å². The van der Waals surface area contributed by atoms with Gasteiger partial charge in [-0.3, -0.25) is 19.7 Å². The van der Waals surface area contributed by atoms with E-state index in [2.05, 4.69) is 0 Å². The highest BCUT2D eigenvalue weighted by molar-refractivity contribution is 5.94. The molecule has 26 heavy (non-hydrogen) atoms. The first-order valence-electron chi connectivity index (χ1n) is 7.89. The van der Waals surface area contributed by atoms with Crippen LogP contribution < -0.4 is 9.64 Å². The predicted octanol–water partition coefficient (Wildman–Crippen LogP) is 2.20. The van der Waals surface area contributed by atoms with E-state index >= 15 is 0 Å². The van der Waals surface area contributed by atoms with Crippen molar-refractivity contribution in [1.29, 1.82) is 0 Å². The van der Waals surface area contributed by atoms with Gasteiger partial charge in [-0.1, -0.05) is 18.2 Å². The molecule has 0 fully saturated rings. The molecule has 0 unspecified atom stereocenters. The van der Waals surface area contributed by atoms with Gasteiger partial charge in [0.2, 0.25) is 0 Å². The topological polar surface area (TPSA) is 110 Å². The van der Waals surface area contributed by atoms with E-state index in [1.165, 1.54) is 17.0 Å². The number of nitro groups is 1. The number of benzene rings is 2. The van der Waals surface area contributed by atoms with Crippen LogP contribution in [0.1, 0.15) is 16.8 Å². The third-order valence-corrected chi connectivity index (χ3v) is 3.59. The van der Waals surface area contributed by atoms with E-state index in [4.69, 9.17) is 9.84 Å². The van der Waals surface area contributed by atoms with Crippen molar-refractivity contribution in [1.82, 2.24) is 0 Å². The van der Waals surface area contributed by atoms with E-state index in [0.717, 1.165) is 6.07 Å². The van der Waals surface area contributed by atoms with Crippen LogP contribution in [-0.4, -0.2) is 42.0 Å². The standard InChI is InChI=1S/C18H18N2O6/c21-10-4-9-19(15-5-2-1-3-6-15)18(23)13-26-16-7-8-17(20(24)25)14(11-16)12-22/h1-3,5-8,11-12,21H,4,9-10,13H2. The zero-order chi connectivity index (χ0) is 18.9. The predicted molar refractivity (Wildman–Crippen MR) is 94.5 cm³/mol. The molecule has 136 valence electrons. The molecule has 0 aliphatic heterocycles. The lowest BCUT2D eigenvalue weighted by atomic mass is 10.2. The molecule has 0 saturated heterocycles. The molecule has 8 heteroatoms. The molecule has 1 amide bonds. The van der Waals surface area contributed by atoms with E-state index in [9.17, 15) is 19.7 Å². The van der Waals surface area contributed by atoms with Gasteiger partial charge in [-0.15, -0.1) is 0 Å². The summed E-state index contributed by atoms with van der Waals surface area (Å²) in [5.74, 6) is -0.156. The van der Waals surface area contributed by atoms with Crippen molar-refractivity contribution in [2.75, 3.05) is 24.7 Å². The molecule has 0 saturated carbocycles. The van der Waals surface area contributed by atoms with E-state index in [-0.39, 0.29) is 36.1 Å². The van der Waals surface area contributed by atoms with Crippen LogP contribution in [0.25, 0.3) is 0 Å². The highest BCUT2D eigenvalue weighted by atomic mass is 16.6. The summed E-state index contributed by atoms with van der Waals surface area (Å²) in [6.45, 7) is -0.0402.